The summed E-state index contributed by atoms with van der Waals surface area (Å²) in [6.07, 6.45) is 9.35. The maximum Gasteiger partial charge on any atom is 0.137 e. The highest BCUT2D eigenvalue weighted by atomic mass is 15.2. The van der Waals surface area contributed by atoms with E-state index in [0.717, 1.165) is 17.8 Å². The third-order valence-electron chi connectivity index (χ3n) is 2.65. The first-order valence-corrected chi connectivity index (χ1v) is 5.41. The van der Waals surface area contributed by atoms with Crippen molar-refractivity contribution in [1.82, 2.24) is 4.98 Å². The predicted octanol–water partition coefficient (Wildman–Crippen LogP) is 3.47. The summed E-state index contributed by atoms with van der Waals surface area (Å²) in [6.45, 7) is 0. The molecule has 0 bridgehead atoms. The fourth-order valence-electron chi connectivity index (χ4n) is 1.83. The van der Waals surface area contributed by atoms with Crippen molar-refractivity contribution in [3.63, 3.8) is 0 Å². The molecule has 1 aliphatic heterocycles. The molecule has 0 spiro atoms. The molecule has 0 aliphatic carbocycles. The van der Waals surface area contributed by atoms with Crippen LogP contribution >= 0.6 is 0 Å². The van der Waals surface area contributed by atoms with E-state index in [1.807, 2.05) is 29.2 Å². The number of aromatic nitrogens is 1. The van der Waals surface area contributed by atoms with Crippen LogP contribution in [0, 0.1) is 0 Å². The number of rotatable bonds is 1. The Morgan fingerprint density at radius 2 is 1.75 bits per heavy atom. The lowest BCUT2D eigenvalue weighted by molar-refractivity contribution is 1.14. The van der Waals surface area contributed by atoms with Gasteiger partial charge in [0.05, 0.1) is 5.52 Å². The second-order valence-corrected chi connectivity index (χ2v) is 3.77. The molecule has 0 amide bonds. The van der Waals surface area contributed by atoms with Gasteiger partial charge in [-0.3, -0.25) is 0 Å². The lowest BCUT2D eigenvalue weighted by Crippen LogP contribution is -2.10. The smallest absolute Gasteiger partial charge is 0.137 e. The van der Waals surface area contributed by atoms with Gasteiger partial charge in [-0.15, -0.1) is 0 Å². The van der Waals surface area contributed by atoms with Gasteiger partial charge >= 0.3 is 0 Å². The number of fused-ring (bicyclic) bond motifs is 1. The van der Waals surface area contributed by atoms with E-state index in [4.69, 9.17) is 0 Å². The fraction of sp³-hybridized carbons (Fsp3) is 0.0714. The summed E-state index contributed by atoms with van der Waals surface area (Å²) in [7, 11) is 0. The molecule has 0 unspecified atom stereocenters. The van der Waals surface area contributed by atoms with E-state index < -0.39 is 0 Å². The summed E-state index contributed by atoms with van der Waals surface area (Å²) in [4.78, 5) is 6.66. The van der Waals surface area contributed by atoms with Crippen molar-refractivity contribution in [2.75, 3.05) is 4.90 Å². The highest BCUT2D eigenvalue weighted by molar-refractivity contribution is 5.80. The number of para-hydroxylation sites is 1. The van der Waals surface area contributed by atoms with Crippen LogP contribution < -0.4 is 4.90 Å². The van der Waals surface area contributed by atoms with Gasteiger partial charge in [-0.2, -0.15) is 0 Å². The molecule has 0 fully saturated rings. The molecule has 0 saturated carbocycles. The molecular formula is C14H12N2. The van der Waals surface area contributed by atoms with Gasteiger partial charge in [-0.05, 0) is 24.6 Å². The number of hydrogen-bond donors (Lipinski definition) is 0. The number of hydrogen-bond acceptors (Lipinski definition) is 2. The van der Waals surface area contributed by atoms with Gasteiger partial charge in [0.15, 0.2) is 0 Å². The molecule has 3 rings (SSSR count). The molecule has 2 heterocycles. The minimum atomic E-state index is 0.964. The molecule has 0 atom stereocenters. The summed E-state index contributed by atoms with van der Waals surface area (Å²) < 4.78 is 0. The van der Waals surface area contributed by atoms with Crippen LogP contribution in [0.3, 0.4) is 0 Å². The van der Waals surface area contributed by atoms with Crippen LogP contribution in [-0.4, -0.2) is 4.98 Å². The Bertz CT molecular complexity index is 558. The van der Waals surface area contributed by atoms with Crippen LogP contribution in [0.4, 0.5) is 5.82 Å². The van der Waals surface area contributed by atoms with Crippen LogP contribution in [0.2, 0.25) is 0 Å². The van der Waals surface area contributed by atoms with Gasteiger partial charge in [0.2, 0.25) is 0 Å². The number of benzene rings is 1. The van der Waals surface area contributed by atoms with Crippen molar-refractivity contribution in [2.24, 2.45) is 0 Å². The van der Waals surface area contributed by atoms with Gasteiger partial charge in [0.1, 0.15) is 5.82 Å². The van der Waals surface area contributed by atoms with Crippen LogP contribution in [0.1, 0.15) is 6.42 Å². The first kappa shape index (κ1) is 9.16. The van der Waals surface area contributed by atoms with E-state index in [-0.39, 0.29) is 0 Å². The highest BCUT2D eigenvalue weighted by Crippen LogP contribution is 2.19. The van der Waals surface area contributed by atoms with Crippen LogP contribution in [0.5, 0.6) is 0 Å². The Hall–Kier alpha value is -2.09. The van der Waals surface area contributed by atoms with E-state index in [2.05, 4.69) is 41.7 Å². The van der Waals surface area contributed by atoms with Gasteiger partial charge in [-0.1, -0.05) is 30.4 Å². The largest absolute Gasteiger partial charge is 0.309 e. The zero-order valence-electron chi connectivity index (χ0n) is 8.88. The molecule has 0 radical (unpaired) electrons. The molecule has 1 aliphatic rings. The molecule has 1 aromatic carbocycles. The average Bonchev–Trinajstić information content (AvgIpc) is 2.39. The van der Waals surface area contributed by atoms with Crippen LogP contribution in [0.25, 0.3) is 10.9 Å². The maximum atomic E-state index is 4.62. The first-order valence-electron chi connectivity index (χ1n) is 5.41. The van der Waals surface area contributed by atoms with Gasteiger partial charge in [0.25, 0.3) is 0 Å². The molecule has 2 nitrogen and oxygen atoms in total. The topological polar surface area (TPSA) is 16.1 Å². The number of allylic oxidation sites excluding steroid dienone is 2. The zero-order chi connectivity index (χ0) is 10.8. The maximum absolute atomic E-state index is 4.62. The number of pyridine rings is 1. The minimum absolute atomic E-state index is 0.964. The lowest BCUT2D eigenvalue weighted by Gasteiger charge is -2.17. The standard InChI is InChI=1S/C14H12N2/c1-4-10-16(11-5-1)14-9-8-12-6-2-3-7-13(12)15-14/h2-11H,1H2. The normalized spacial score (nSPS) is 14.6. The fourth-order valence-corrected chi connectivity index (χ4v) is 1.83. The van der Waals surface area contributed by atoms with Crippen molar-refractivity contribution in [1.29, 1.82) is 0 Å². The summed E-state index contributed by atoms with van der Waals surface area (Å²) in [5.41, 5.74) is 1.03. The zero-order valence-corrected chi connectivity index (χ0v) is 8.88. The highest BCUT2D eigenvalue weighted by Gasteiger charge is 2.03. The molecule has 78 valence electrons. The molecular weight excluding hydrogens is 196 g/mol. The number of nitrogens with zero attached hydrogens (tertiary/aromatic N) is 2. The van der Waals surface area contributed by atoms with Crippen molar-refractivity contribution >= 4 is 16.7 Å². The van der Waals surface area contributed by atoms with Crippen LogP contribution in [-0.2, 0) is 0 Å². The van der Waals surface area contributed by atoms with Gasteiger partial charge in [0, 0.05) is 17.8 Å². The van der Waals surface area contributed by atoms with Crippen molar-refractivity contribution in [2.45, 2.75) is 6.42 Å². The van der Waals surface area contributed by atoms with Crippen molar-refractivity contribution in [3.05, 3.63) is 61.0 Å². The van der Waals surface area contributed by atoms with E-state index >= 15 is 0 Å². The van der Waals surface area contributed by atoms with E-state index in [0.29, 0.717) is 0 Å². The third kappa shape index (κ3) is 1.58. The monoisotopic (exact) mass is 208 g/mol. The second-order valence-electron chi connectivity index (χ2n) is 3.77. The number of anilines is 1. The third-order valence-corrected chi connectivity index (χ3v) is 2.65. The quantitative estimate of drug-likeness (QED) is 0.713. The summed E-state index contributed by atoms with van der Waals surface area (Å²) >= 11 is 0. The van der Waals surface area contributed by atoms with E-state index in [1.165, 1.54) is 5.39 Å². The van der Waals surface area contributed by atoms with E-state index in [9.17, 15) is 0 Å². The average molecular weight is 208 g/mol. The lowest BCUT2D eigenvalue weighted by atomic mass is 10.2. The Balaban J connectivity index is 2.07. The summed E-state index contributed by atoms with van der Waals surface area (Å²) in [6, 6.07) is 12.3. The predicted molar refractivity (Wildman–Crippen MR) is 67.1 cm³/mol. The van der Waals surface area contributed by atoms with Crippen LogP contribution in [0.15, 0.2) is 61.0 Å². The van der Waals surface area contributed by atoms with E-state index in [1.54, 1.807) is 0 Å². The van der Waals surface area contributed by atoms with Crippen molar-refractivity contribution in [3.8, 4) is 0 Å². The molecule has 1 aromatic heterocycles. The first-order chi connectivity index (χ1) is 7.93. The molecule has 2 aromatic rings. The van der Waals surface area contributed by atoms with Crippen molar-refractivity contribution < 1.29 is 0 Å². The molecule has 2 heteroatoms. The summed E-state index contributed by atoms with van der Waals surface area (Å²) in [5.74, 6) is 0.964. The Kier molecular flexibility index (Phi) is 2.18. The van der Waals surface area contributed by atoms with Gasteiger partial charge < -0.3 is 4.90 Å². The Morgan fingerprint density at radius 3 is 2.62 bits per heavy atom. The molecule has 16 heavy (non-hydrogen) atoms. The summed E-state index contributed by atoms with van der Waals surface area (Å²) in [5, 5.41) is 1.18. The SMILES string of the molecule is C1=CN(c2ccc3ccccc3n2)C=CC1. The molecule has 0 N–H and O–H groups in total. The van der Waals surface area contributed by atoms with Gasteiger partial charge in [-0.25, -0.2) is 4.98 Å². The minimum Gasteiger partial charge on any atom is -0.309 e. The second kappa shape index (κ2) is 3.81. The Morgan fingerprint density at radius 1 is 0.938 bits per heavy atom. The Labute approximate surface area is 94.5 Å². The molecule has 0 saturated heterocycles.